The zero-order valence-electron chi connectivity index (χ0n) is 9.55. The zero-order chi connectivity index (χ0) is 10.4. The third-order valence-corrected chi connectivity index (χ3v) is 3.47. The maximum atomic E-state index is 9.32. The van der Waals surface area contributed by atoms with Gasteiger partial charge in [0.2, 0.25) is 0 Å². The van der Waals surface area contributed by atoms with E-state index in [1.54, 1.807) is 0 Å². The molecule has 1 heterocycles. The minimum absolute atomic E-state index is 0.00269. The maximum absolute atomic E-state index is 9.32. The Morgan fingerprint density at radius 3 is 2.43 bits per heavy atom. The van der Waals surface area contributed by atoms with Crippen LogP contribution in [0.2, 0.25) is 0 Å². The third kappa shape index (κ3) is 2.94. The average molecular weight is 200 g/mol. The van der Waals surface area contributed by atoms with Crippen molar-refractivity contribution in [1.82, 2.24) is 10.2 Å². The van der Waals surface area contributed by atoms with Gasteiger partial charge in [0.05, 0.1) is 6.61 Å². The molecule has 0 radical (unpaired) electrons. The number of piperidine rings is 1. The fourth-order valence-corrected chi connectivity index (χ4v) is 2.07. The molecule has 0 atom stereocenters. The van der Waals surface area contributed by atoms with Crippen LogP contribution in [0.4, 0.5) is 0 Å². The summed E-state index contributed by atoms with van der Waals surface area (Å²) in [5.74, 6) is 0. The second-order valence-electron chi connectivity index (χ2n) is 4.38. The number of likely N-dealkylation sites (N-methyl/N-ethyl adjacent to an activating group) is 1. The number of unbranched alkanes of at least 4 members (excludes halogenated alkanes) is 1. The first-order chi connectivity index (χ1) is 6.76. The molecular formula is C11H24N2O. The van der Waals surface area contributed by atoms with E-state index in [2.05, 4.69) is 17.1 Å². The number of likely N-dealkylation sites (tertiary alicyclic amines) is 1. The van der Waals surface area contributed by atoms with Crippen molar-refractivity contribution in [3.05, 3.63) is 0 Å². The number of hydrogen-bond acceptors (Lipinski definition) is 3. The number of rotatable bonds is 5. The maximum Gasteiger partial charge on any atom is 0.0614 e. The molecule has 0 aromatic carbocycles. The average Bonchev–Trinajstić information content (AvgIpc) is 2.27. The van der Waals surface area contributed by atoms with Gasteiger partial charge in [-0.2, -0.15) is 0 Å². The molecule has 0 saturated carbocycles. The van der Waals surface area contributed by atoms with Crippen molar-refractivity contribution < 1.29 is 5.11 Å². The molecule has 3 heteroatoms. The highest BCUT2D eigenvalue weighted by Gasteiger charge is 2.31. The van der Waals surface area contributed by atoms with Crippen molar-refractivity contribution >= 4 is 0 Å². The number of aliphatic hydroxyl groups excluding tert-OH is 1. The molecular weight excluding hydrogens is 176 g/mol. The molecule has 0 spiro atoms. The summed E-state index contributed by atoms with van der Waals surface area (Å²) in [5, 5.41) is 12.6. The second-order valence-corrected chi connectivity index (χ2v) is 4.38. The van der Waals surface area contributed by atoms with Gasteiger partial charge in [-0.3, -0.25) is 0 Å². The Morgan fingerprint density at radius 2 is 2.00 bits per heavy atom. The Balaban J connectivity index is 2.29. The summed E-state index contributed by atoms with van der Waals surface area (Å²) in [5.41, 5.74) is 0.00269. The topological polar surface area (TPSA) is 35.5 Å². The van der Waals surface area contributed by atoms with Crippen LogP contribution in [0.25, 0.3) is 0 Å². The molecule has 1 fully saturated rings. The molecule has 3 nitrogen and oxygen atoms in total. The van der Waals surface area contributed by atoms with Crippen LogP contribution in [-0.4, -0.2) is 48.8 Å². The quantitative estimate of drug-likeness (QED) is 0.690. The number of hydrogen-bond donors (Lipinski definition) is 2. The van der Waals surface area contributed by atoms with E-state index in [1.165, 1.54) is 19.4 Å². The van der Waals surface area contributed by atoms with E-state index in [-0.39, 0.29) is 12.1 Å². The lowest BCUT2D eigenvalue weighted by Crippen LogP contribution is -2.54. The van der Waals surface area contributed by atoms with E-state index >= 15 is 0 Å². The molecule has 0 unspecified atom stereocenters. The third-order valence-electron chi connectivity index (χ3n) is 3.47. The largest absolute Gasteiger partial charge is 0.394 e. The lowest BCUT2D eigenvalue weighted by molar-refractivity contribution is 0.0838. The van der Waals surface area contributed by atoms with Crippen molar-refractivity contribution in [2.75, 3.05) is 33.3 Å². The van der Waals surface area contributed by atoms with E-state index in [9.17, 15) is 5.11 Å². The minimum atomic E-state index is 0.00269. The number of nitrogens with one attached hydrogen (secondary N) is 1. The SMILES string of the molecule is CCCCN1CCC(CO)(NC)CC1. The monoisotopic (exact) mass is 200 g/mol. The fourth-order valence-electron chi connectivity index (χ4n) is 2.07. The van der Waals surface area contributed by atoms with E-state index in [1.807, 2.05) is 7.05 Å². The Kier molecular flexibility index (Phi) is 4.85. The Morgan fingerprint density at radius 1 is 1.36 bits per heavy atom. The molecule has 0 amide bonds. The van der Waals surface area contributed by atoms with Gasteiger partial charge in [-0.15, -0.1) is 0 Å². The van der Waals surface area contributed by atoms with Crippen LogP contribution < -0.4 is 5.32 Å². The summed E-state index contributed by atoms with van der Waals surface area (Å²) < 4.78 is 0. The van der Waals surface area contributed by atoms with E-state index in [4.69, 9.17) is 0 Å². The summed E-state index contributed by atoms with van der Waals surface area (Å²) >= 11 is 0. The summed E-state index contributed by atoms with van der Waals surface area (Å²) in [4.78, 5) is 2.51. The van der Waals surface area contributed by atoms with Gasteiger partial charge < -0.3 is 15.3 Å². The van der Waals surface area contributed by atoms with Crippen molar-refractivity contribution in [3.8, 4) is 0 Å². The Labute approximate surface area is 87.5 Å². The highest BCUT2D eigenvalue weighted by Crippen LogP contribution is 2.21. The van der Waals surface area contributed by atoms with Crippen molar-refractivity contribution in [1.29, 1.82) is 0 Å². The van der Waals surface area contributed by atoms with Gasteiger partial charge >= 0.3 is 0 Å². The second kappa shape index (κ2) is 5.69. The van der Waals surface area contributed by atoms with E-state index in [0.29, 0.717) is 0 Å². The Bertz CT molecular complexity index is 147. The summed E-state index contributed by atoms with van der Waals surface area (Å²) in [6.07, 6.45) is 4.72. The van der Waals surface area contributed by atoms with Gasteiger partial charge in [0, 0.05) is 5.54 Å². The van der Waals surface area contributed by atoms with Gasteiger partial charge in [0.1, 0.15) is 0 Å². The summed E-state index contributed by atoms with van der Waals surface area (Å²) in [7, 11) is 1.96. The number of nitrogens with zero attached hydrogens (tertiary/aromatic N) is 1. The van der Waals surface area contributed by atoms with E-state index in [0.717, 1.165) is 25.9 Å². The lowest BCUT2D eigenvalue weighted by Gasteiger charge is -2.40. The summed E-state index contributed by atoms with van der Waals surface area (Å²) in [6, 6.07) is 0. The predicted octanol–water partition coefficient (Wildman–Crippen LogP) is 0.833. The predicted molar refractivity (Wildman–Crippen MR) is 59.5 cm³/mol. The molecule has 0 bridgehead atoms. The van der Waals surface area contributed by atoms with Gasteiger partial charge in [0.15, 0.2) is 0 Å². The van der Waals surface area contributed by atoms with Crippen molar-refractivity contribution in [2.45, 2.75) is 38.1 Å². The van der Waals surface area contributed by atoms with Gasteiger partial charge in [-0.1, -0.05) is 13.3 Å². The van der Waals surface area contributed by atoms with Crippen LogP contribution in [-0.2, 0) is 0 Å². The minimum Gasteiger partial charge on any atom is -0.394 e. The van der Waals surface area contributed by atoms with Gasteiger partial charge in [-0.05, 0) is 45.9 Å². The molecule has 1 aliphatic rings. The van der Waals surface area contributed by atoms with Gasteiger partial charge in [0.25, 0.3) is 0 Å². The highest BCUT2D eigenvalue weighted by molar-refractivity contribution is 4.91. The Hall–Kier alpha value is -0.120. The van der Waals surface area contributed by atoms with Crippen molar-refractivity contribution in [2.24, 2.45) is 0 Å². The molecule has 2 N–H and O–H groups in total. The molecule has 84 valence electrons. The first-order valence-corrected chi connectivity index (χ1v) is 5.78. The molecule has 0 aromatic rings. The molecule has 1 aliphatic heterocycles. The van der Waals surface area contributed by atoms with Gasteiger partial charge in [-0.25, -0.2) is 0 Å². The van der Waals surface area contributed by atoms with Crippen molar-refractivity contribution in [3.63, 3.8) is 0 Å². The van der Waals surface area contributed by atoms with Crippen LogP contribution in [0.1, 0.15) is 32.6 Å². The van der Waals surface area contributed by atoms with Crippen LogP contribution >= 0.6 is 0 Å². The zero-order valence-corrected chi connectivity index (χ0v) is 9.55. The van der Waals surface area contributed by atoms with Crippen LogP contribution in [0.5, 0.6) is 0 Å². The van der Waals surface area contributed by atoms with Crippen LogP contribution in [0, 0.1) is 0 Å². The smallest absolute Gasteiger partial charge is 0.0614 e. The lowest BCUT2D eigenvalue weighted by atomic mass is 9.88. The fraction of sp³-hybridized carbons (Fsp3) is 1.00. The van der Waals surface area contributed by atoms with Crippen LogP contribution in [0.15, 0.2) is 0 Å². The molecule has 1 saturated heterocycles. The van der Waals surface area contributed by atoms with E-state index < -0.39 is 0 Å². The number of aliphatic hydroxyl groups is 1. The normalized spacial score (nSPS) is 22.5. The first kappa shape index (κ1) is 12.0. The first-order valence-electron chi connectivity index (χ1n) is 5.78. The molecule has 0 aromatic heterocycles. The standard InChI is InChI=1S/C11H24N2O/c1-3-4-7-13-8-5-11(10-14,12-2)6-9-13/h12,14H,3-10H2,1-2H3. The molecule has 14 heavy (non-hydrogen) atoms. The molecule has 1 rings (SSSR count). The molecule has 0 aliphatic carbocycles. The summed E-state index contributed by atoms with van der Waals surface area (Å²) in [6.45, 7) is 5.98. The highest BCUT2D eigenvalue weighted by atomic mass is 16.3. The van der Waals surface area contributed by atoms with Crippen LogP contribution in [0.3, 0.4) is 0 Å².